The third-order valence-electron chi connectivity index (χ3n) is 3.01. The fourth-order valence-corrected chi connectivity index (χ4v) is 6.00. The Morgan fingerprint density at radius 2 is 0.889 bits per heavy atom. The van der Waals surface area contributed by atoms with Gasteiger partial charge < -0.3 is 0 Å². The molecule has 1 aromatic rings. The molecule has 0 saturated heterocycles. The first-order chi connectivity index (χ1) is 11.7. The van der Waals surface area contributed by atoms with Gasteiger partial charge in [0.1, 0.15) is 0 Å². The standard InChI is InChI=1S/C11H6F10O4S2/c12-8(13,14)10(18,19)26(22,23)7(6-4-2-1-3-5-6)27(24,25)11(20,21)9(15,16)17/h1-5,7H. The van der Waals surface area contributed by atoms with Crippen LogP contribution in [0.25, 0.3) is 0 Å². The van der Waals surface area contributed by atoms with Crippen molar-refractivity contribution in [3.8, 4) is 0 Å². The minimum Gasteiger partial charge on any atom is -0.220 e. The Hall–Kier alpha value is -1.58. The predicted molar refractivity (Wildman–Crippen MR) is 69.0 cm³/mol. The van der Waals surface area contributed by atoms with Crippen LogP contribution in [0.5, 0.6) is 0 Å². The minimum atomic E-state index is -7.54. The summed E-state index contributed by atoms with van der Waals surface area (Å²) in [7, 11) is -15.1. The maximum atomic E-state index is 13.4. The number of halogens is 10. The van der Waals surface area contributed by atoms with Crippen LogP contribution in [0, 0.1) is 0 Å². The molecule has 4 nitrogen and oxygen atoms in total. The van der Waals surface area contributed by atoms with Gasteiger partial charge in [-0.25, -0.2) is 16.8 Å². The van der Waals surface area contributed by atoms with Gasteiger partial charge in [-0.3, -0.25) is 0 Å². The Balaban J connectivity index is 3.93. The lowest BCUT2D eigenvalue weighted by Crippen LogP contribution is -2.52. The first-order valence-corrected chi connectivity index (χ1v) is 9.23. The highest BCUT2D eigenvalue weighted by molar-refractivity contribution is 8.09. The molecule has 0 aliphatic carbocycles. The Morgan fingerprint density at radius 3 is 1.15 bits per heavy atom. The topological polar surface area (TPSA) is 68.3 Å². The molecule has 0 fully saturated rings. The van der Waals surface area contributed by atoms with Gasteiger partial charge in [0.25, 0.3) is 0 Å². The van der Waals surface area contributed by atoms with Gasteiger partial charge in [-0.2, -0.15) is 43.9 Å². The molecule has 16 heteroatoms. The minimum absolute atomic E-state index is 0.193. The molecule has 0 unspecified atom stereocenters. The van der Waals surface area contributed by atoms with E-state index < -0.39 is 52.7 Å². The summed E-state index contributed by atoms with van der Waals surface area (Å²) < 4.78 is 170. The van der Waals surface area contributed by atoms with Gasteiger partial charge in [0, 0.05) is 0 Å². The van der Waals surface area contributed by atoms with Crippen LogP contribution in [0.4, 0.5) is 43.9 Å². The number of hydrogen-bond donors (Lipinski definition) is 0. The van der Waals surface area contributed by atoms with Gasteiger partial charge >= 0.3 is 22.9 Å². The zero-order chi connectivity index (χ0) is 21.7. The maximum Gasteiger partial charge on any atom is 0.469 e. The van der Waals surface area contributed by atoms with E-state index in [1.54, 1.807) is 0 Å². The number of benzene rings is 1. The summed E-state index contributed by atoms with van der Waals surface area (Å²) in [5.74, 6) is 0. The van der Waals surface area contributed by atoms with E-state index in [1.807, 2.05) is 0 Å². The summed E-state index contributed by atoms with van der Waals surface area (Å²) in [6.07, 6.45) is -14.0. The number of sulfone groups is 2. The molecule has 0 amide bonds. The lowest BCUT2D eigenvalue weighted by Gasteiger charge is -2.29. The third kappa shape index (κ3) is 3.60. The predicted octanol–water partition coefficient (Wildman–Crippen LogP) is 3.83. The summed E-state index contributed by atoms with van der Waals surface area (Å²) in [4.78, 5) is 0. The Morgan fingerprint density at radius 1 is 0.593 bits per heavy atom. The molecule has 0 aliphatic rings. The van der Waals surface area contributed by atoms with E-state index in [0.29, 0.717) is 12.1 Å². The largest absolute Gasteiger partial charge is 0.469 e. The molecule has 0 bridgehead atoms. The second kappa shape index (κ2) is 6.49. The number of rotatable bonds is 5. The highest BCUT2D eigenvalue weighted by Gasteiger charge is 2.76. The zero-order valence-electron chi connectivity index (χ0n) is 12.2. The molecule has 0 atom stereocenters. The summed E-state index contributed by atoms with van der Waals surface area (Å²) in [5.41, 5.74) is -1.66. The molecule has 0 saturated carbocycles. The summed E-state index contributed by atoms with van der Waals surface area (Å²) >= 11 is 0. The van der Waals surface area contributed by atoms with Crippen LogP contribution >= 0.6 is 0 Å². The van der Waals surface area contributed by atoms with Gasteiger partial charge in [0.2, 0.25) is 24.3 Å². The van der Waals surface area contributed by atoms with E-state index in [-0.39, 0.29) is 12.1 Å². The molecule has 0 radical (unpaired) electrons. The molecule has 0 heterocycles. The molecule has 156 valence electrons. The highest BCUT2D eigenvalue weighted by Crippen LogP contribution is 2.52. The zero-order valence-corrected chi connectivity index (χ0v) is 13.8. The Kier molecular flexibility index (Phi) is 5.64. The quantitative estimate of drug-likeness (QED) is 0.632. The average molecular weight is 456 g/mol. The Bertz CT molecular complexity index is 829. The van der Waals surface area contributed by atoms with Crippen LogP contribution in [0.2, 0.25) is 0 Å². The first-order valence-electron chi connectivity index (χ1n) is 6.14. The van der Waals surface area contributed by atoms with Gasteiger partial charge in [-0.15, -0.1) is 0 Å². The van der Waals surface area contributed by atoms with Crippen molar-refractivity contribution in [2.45, 2.75) is 27.4 Å². The van der Waals surface area contributed by atoms with Crippen LogP contribution in [0.1, 0.15) is 10.1 Å². The lowest BCUT2D eigenvalue weighted by atomic mass is 10.2. The van der Waals surface area contributed by atoms with E-state index in [0.717, 1.165) is 6.07 Å². The van der Waals surface area contributed by atoms with E-state index in [9.17, 15) is 60.7 Å². The SMILES string of the molecule is O=S(=O)(C(c1ccccc1)S(=O)(=O)C(F)(F)C(F)(F)F)C(F)(F)C(F)(F)F. The van der Waals surface area contributed by atoms with Crippen LogP contribution in [0.15, 0.2) is 30.3 Å². The maximum absolute atomic E-state index is 13.4. The summed E-state index contributed by atoms with van der Waals surface area (Å²) in [6.45, 7) is 0. The fraction of sp³-hybridized carbons (Fsp3) is 0.455. The van der Waals surface area contributed by atoms with Crippen LogP contribution in [-0.4, -0.2) is 39.7 Å². The second-order valence-electron chi connectivity index (χ2n) is 4.86. The fourth-order valence-electron chi connectivity index (χ4n) is 1.73. The van der Waals surface area contributed by atoms with Gasteiger partial charge in [0.05, 0.1) is 0 Å². The van der Waals surface area contributed by atoms with Gasteiger partial charge in [-0.1, -0.05) is 30.3 Å². The molecule has 0 N–H and O–H groups in total. The van der Waals surface area contributed by atoms with E-state index in [2.05, 4.69) is 0 Å². The average Bonchev–Trinajstić information content (AvgIpc) is 2.45. The highest BCUT2D eigenvalue weighted by atomic mass is 32.3. The van der Waals surface area contributed by atoms with Crippen molar-refractivity contribution in [3.05, 3.63) is 35.9 Å². The van der Waals surface area contributed by atoms with Crippen molar-refractivity contribution in [1.29, 1.82) is 0 Å². The smallest absolute Gasteiger partial charge is 0.220 e. The Labute approximate surface area is 144 Å². The van der Waals surface area contributed by atoms with Crippen LogP contribution in [0.3, 0.4) is 0 Å². The van der Waals surface area contributed by atoms with Crippen molar-refractivity contribution in [2.24, 2.45) is 0 Å². The number of hydrogen-bond acceptors (Lipinski definition) is 4. The normalized spacial score (nSPS) is 15.2. The van der Waals surface area contributed by atoms with E-state index in [1.165, 1.54) is 0 Å². The number of alkyl halides is 10. The molecule has 1 aromatic carbocycles. The lowest BCUT2D eigenvalue weighted by molar-refractivity contribution is -0.242. The van der Waals surface area contributed by atoms with Crippen molar-refractivity contribution < 1.29 is 60.7 Å². The third-order valence-corrected chi connectivity index (χ3v) is 8.09. The van der Waals surface area contributed by atoms with Crippen LogP contribution < -0.4 is 0 Å². The van der Waals surface area contributed by atoms with Crippen LogP contribution in [-0.2, 0) is 19.7 Å². The van der Waals surface area contributed by atoms with E-state index >= 15 is 0 Å². The molecule has 27 heavy (non-hydrogen) atoms. The van der Waals surface area contributed by atoms with Gasteiger partial charge in [0.15, 0.2) is 0 Å². The molecule has 0 spiro atoms. The van der Waals surface area contributed by atoms with Crippen molar-refractivity contribution >= 4 is 19.7 Å². The summed E-state index contributed by atoms with van der Waals surface area (Å²) in [6, 6.07) is 2.58. The van der Waals surface area contributed by atoms with Crippen molar-refractivity contribution in [1.82, 2.24) is 0 Å². The molecule has 1 rings (SSSR count). The molecule has 0 aliphatic heterocycles. The monoisotopic (exact) mass is 456 g/mol. The summed E-state index contributed by atoms with van der Waals surface area (Å²) in [5, 5.41) is -13.9. The van der Waals surface area contributed by atoms with Crippen molar-refractivity contribution in [2.75, 3.05) is 0 Å². The molecule has 0 aromatic heterocycles. The first kappa shape index (κ1) is 23.5. The second-order valence-corrected chi connectivity index (χ2v) is 9.31. The van der Waals surface area contributed by atoms with Gasteiger partial charge in [-0.05, 0) is 5.56 Å². The molecular formula is C11H6F10O4S2. The van der Waals surface area contributed by atoms with E-state index in [4.69, 9.17) is 0 Å². The molecular weight excluding hydrogens is 450 g/mol. The van der Waals surface area contributed by atoms with Crippen molar-refractivity contribution in [3.63, 3.8) is 0 Å².